The molecule has 1 amide bonds. The minimum absolute atomic E-state index is 0.0152. The fourth-order valence-electron chi connectivity index (χ4n) is 1.43. The maximum absolute atomic E-state index is 13.2. The monoisotopic (exact) mass is 242 g/mol. The maximum Gasteiger partial charge on any atom is 0.221 e. The fraction of sp³-hybridized carbons (Fsp3) is 0.417. The Bertz CT molecular complexity index is 363. The Morgan fingerprint density at radius 2 is 1.88 bits per heavy atom. The number of hydrogen-bond acceptors (Lipinski definition) is 2. The van der Waals surface area contributed by atoms with Gasteiger partial charge in [0.05, 0.1) is 0 Å². The van der Waals surface area contributed by atoms with Crippen LogP contribution in [0.2, 0.25) is 0 Å². The zero-order valence-corrected chi connectivity index (χ0v) is 9.72. The average molecular weight is 242 g/mol. The second kappa shape index (κ2) is 6.96. The molecular weight excluding hydrogens is 226 g/mol. The van der Waals surface area contributed by atoms with Gasteiger partial charge in [-0.25, -0.2) is 8.78 Å². The number of carbonyl (C=O) groups excluding carboxylic acids is 1. The van der Waals surface area contributed by atoms with Gasteiger partial charge >= 0.3 is 0 Å². The molecule has 5 heteroatoms. The van der Waals surface area contributed by atoms with Crippen molar-refractivity contribution in [3.05, 3.63) is 35.4 Å². The molecule has 0 bridgehead atoms. The standard InChI is InChI=1S/C12H16F2N2O/c1-15-7-6-12(17)16-8-5-9-10(13)3-2-4-11(9)14/h2-4,15H,5-8H2,1H3,(H,16,17). The van der Waals surface area contributed by atoms with Crippen LogP contribution < -0.4 is 10.6 Å². The number of benzene rings is 1. The topological polar surface area (TPSA) is 41.1 Å². The van der Waals surface area contributed by atoms with E-state index in [9.17, 15) is 13.6 Å². The van der Waals surface area contributed by atoms with Crippen molar-refractivity contribution in [2.75, 3.05) is 20.1 Å². The SMILES string of the molecule is CNCCC(=O)NCCc1c(F)cccc1F. The molecule has 0 spiro atoms. The highest BCUT2D eigenvalue weighted by molar-refractivity contribution is 5.76. The molecule has 1 rings (SSSR count). The van der Waals surface area contributed by atoms with Crippen LogP contribution in [0, 0.1) is 11.6 Å². The van der Waals surface area contributed by atoms with E-state index in [0.717, 1.165) is 0 Å². The van der Waals surface area contributed by atoms with Crippen LogP contribution in [0.5, 0.6) is 0 Å². The molecule has 3 nitrogen and oxygen atoms in total. The summed E-state index contributed by atoms with van der Waals surface area (Å²) in [6.07, 6.45) is 0.514. The minimum atomic E-state index is -0.575. The predicted octanol–water partition coefficient (Wildman–Crippen LogP) is 1.23. The molecule has 94 valence electrons. The normalized spacial score (nSPS) is 10.3. The largest absolute Gasteiger partial charge is 0.356 e. The summed E-state index contributed by atoms with van der Waals surface area (Å²) in [4.78, 5) is 11.2. The first-order valence-corrected chi connectivity index (χ1v) is 5.49. The summed E-state index contributed by atoms with van der Waals surface area (Å²) < 4.78 is 26.4. The second-order valence-corrected chi connectivity index (χ2v) is 3.65. The van der Waals surface area contributed by atoms with E-state index in [0.29, 0.717) is 13.0 Å². The van der Waals surface area contributed by atoms with Crippen molar-refractivity contribution in [2.24, 2.45) is 0 Å². The summed E-state index contributed by atoms with van der Waals surface area (Å²) in [6.45, 7) is 0.820. The lowest BCUT2D eigenvalue weighted by Gasteiger charge is -2.06. The van der Waals surface area contributed by atoms with Crippen molar-refractivity contribution >= 4 is 5.91 Å². The Morgan fingerprint density at radius 3 is 2.47 bits per heavy atom. The first-order chi connectivity index (χ1) is 8.15. The highest BCUT2D eigenvalue weighted by Gasteiger charge is 2.08. The van der Waals surface area contributed by atoms with Gasteiger partial charge in [-0.3, -0.25) is 4.79 Å². The van der Waals surface area contributed by atoms with Crippen molar-refractivity contribution in [3.8, 4) is 0 Å². The predicted molar refractivity (Wildman–Crippen MR) is 61.6 cm³/mol. The van der Waals surface area contributed by atoms with Gasteiger partial charge in [0.1, 0.15) is 11.6 Å². The molecule has 0 aliphatic heterocycles. The van der Waals surface area contributed by atoms with Crippen LogP contribution in [0.1, 0.15) is 12.0 Å². The van der Waals surface area contributed by atoms with Crippen molar-refractivity contribution in [2.45, 2.75) is 12.8 Å². The Labute approximate surface area is 99.2 Å². The molecule has 2 N–H and O–H groups in total. The summed E-state index contributed by atoms with van der Waals surface area (Å²) in [5, 5.41) is 5.45. The van der Waals surface area contributed by atoms with E-state index in [2.05, 4.69) is 10.6 Å². The average Bonchev–Trinajstić information content (AvgIpc) is 2.30. The quantitative estimate of drug-likeness (QED) is 0.788. The van der Waals surface area contributed by atoms with Crippen molar-refractivity contribution in [1.29, 1.82) is 0 Å². The number of nitrogens with one attached hydrogen (secondary N) is 2. The Hall–Kier alpha value is -1.49. The summed E-state index contributed by atoms with van der Waals surface area (Å²) >= 11 is 0. The smallest absolute Gasteiger partial charge is 0.221 e. The zero-order valence-electron chi connectivity index (χ0n) is 9.72. The Morgan fingerprint density at radius 1 is 1.24 bits per heavy atom. The molecule has 0 saturated carbocycles. The van der Waals surface area contributed by atoms with E-state index in [1.54, 1.807) is 7.05 Å². The number of hydrogen-bond donors (Lipinski definition) is 2. The highest BCUT2D eigenvalue weighted by atomic mass is 19.1. The van der Waals surface area contributed by atoms with Gasteiger partial charge in [-0.1, -0.05) is 6.07 Å². The maximum atomic E-state index is 13.2. The van der Waals surface area contributed by atoms with E-state index in [1.807, 2.05) is 0 Å². The molecular formula is C12H16F2N2O. The molecule has 17 heavy (non-hydrogen) atoms. The van der Waals surface area contributed by atoms with E-state index in [-0.39, 0.29) is 24.4 Å². The molecule has 0 radical (unpaired) electrons. The third kappa shape index (κ3) is 4.48. The lowest BCUT2D eigenvalue weighted by Crippen LogP contribution is -2.28. The van der Waals surface area contributed by atoms with Crippen molar-refractivity contribution in [3.63, 3.8) is 0 Å². The van der Waals surface area contributed by atoms with Gasteiger partial charge in [-0.2, -0.15) is 0 Å². The van der Waals surface area contributed by atoms with Gasteiger partial charge in [0.25, 0.3) is 0 Å². The molecule has 0 aliphatic rings. The Kier molecular flexibility index (Phi) is 5.56. The van der Waals surface area contributed by atoms with Gasteiger partial charge in [-0.05, 0) is 25.6 Å². The van der Waals surface area contributed by atoms with Crippen LogP contribution in [0.4, 0.5) is 8.78 Å². The molecule has 0 atom stereocenters. The van der Waals surface area contributed by atoms with Gasteiger partial charge in [-0.15, -0.1) is 0 Å². The first kappa shape index (κ1) is 13.6. The Balaban J connectivity index is 2.38. The van der Waals surface area contributed by atoms with Crippen molar-refractivity contribution in [1.82, 2.24) is 10.6 Å². The summed E-state index contributed by atoms with van der Waals surface area (Å²) in [7, 11) is 1.75. The highest BCUT2D eigenvalue weighted by Crippen LogP contribution is 2.11. The van der Waals surface area contributed by atoms with Crippen LogP contribution in [-0.4, -0.2) is 26.0 Å². The fourth-order valence-corrected chi connectivity index (χ4v) is 1.43. The molecule has 1 aromatic rings. The third-order valence-electron chi connectivity index (χ3n) is 2.36. The van der Waals surface area contributed by atoms with E-state index < -0.39 is 11.6 Å². The lowest BCUT2D eigenvalue weighted by molar-refractivity contribution is -0.120. The summed E-state index contributed by atoms with van der Waals surface area (Å²) in [6, 6.07) is 3.74. The molecule has 0 heterocycles. The van der Waals surface area contributed by atoms with Crippen LogP contribution in [0.15, 0.2) is 18.2 Å². The van der Waals surface area contributed by atoms with E-state index in [4.69, 9.17) is 0 Å². The van der Waals surface area contributed by atoms with Crippen LogP contribution in [0.3, 0.4) is 0 Å². The zero-order chi connectivity index (χ0) is 12.7. The van der Waals surface area contributed by atoms with E-state index in [1.165, 1.54) is 18.2 Å². The van der Waals surface area contributed by atoms with Crippen molar-refractivity contribution < 1.29 is 13.6 Å². The second-order valence-electron chi connectivity index (χ2n) is 3.65. The summed E-state index contributed by atoms with van der Waals surface area (Å²) in [5.41, 5.74) is 0.0152. The van der Waals surface area contributed by atoms with E-state index >= 15 is 0 Å². The lowest BCUT2D eigenvalue weighted by atomic mass is 10.1. The van der Waals surface area contributed by atoms with Crippen LogP contribution in [-0.2, 0) is 11.2 Å². The molecule has 0 saturated heterocycles. The van der Waals surface area contributed by atoms with Gasteiger partial charge in [0, 0.05) is 25.1 Å². The molecule has 0 unspecified atom stereocenters. The number of rotatable bonds is 6. The third-order valence-corrected chi connectivity index (χ3v) is 2.36. The van der Waals surface area contributed by atoms with Gasteiger partial charge < -0.3 is 10.6 Å². The van der Waals surface area contributed by atoms with Gasteiger partial charge in [0.2, 0.25) is 5.91 Å². The number of halogens is 2. The first-order valence-electron chi connectivity index (χ1n) is 5.49. The summed E-state index contributed by atoms with van der Waals surface area (Å²) in [5.74, 6) is -1.28. The molecule has 0 aromatic heterocycles. The van der Waals surface area contributed by atoms with Crippen LogP contribution >= 0.6 is 0 Å². The van der Waals surface area contributed by atoms with Crippen LogP contribution in [0.25, 0.3) is 0 Å². The minimum Gasteiger partial charge on any atom is -0.356 e. The molecule has 1 aromatic carbocycles. The molecule has 0 aliphatic carbocycles. The number of carbonyl (C=O) groups is 1. The molecule has 0 fully saturated rings. The van der Waals surface area contributed by atoms with Gasteiger partial charge in [0.15, 0.2) is 0 Å². The number of amides is 1.